The SMILES string of the molecule is [CH2-]C.[CH2-]Cn1cccc(OP)c1=O.[Y]. The van der Waals surface area contributed by atoms with Crippen LogP contribution in [0.15, 0.2) is 23.1 Å². The molecule has 0 aromatic carbocycles. The molecule has 1 heterocycles. The molecule has 0 aliphatic heterocycles. The van der Waals surface area contributed by atoms with Crippen LogP contribution >= 0.6 is 9.47 Å². The maximum atomic E-state index is 11.2. The van der Waals surface area contributed by atoms with Gasteiger partial charge >= 0.3 is 0 Å². The van der Waals surface area contributed by atoms with Gasteiger partial charge in [-0.05, 0) is 12.1 Å². The van der Waals surface area contributed by atoms with Crippen molar-refractivity contribution in [1.29, 1.82) is 0 Å². The molecule has 1 unspecified atom stereocenters. The van der Waals surface area contributed by atoms with Gasteiger partial charge in [0.15, 0.2) is 5.75 Å². The van der Waals surface area contributed by atoms with Gasteiger partial charge in [-0.15, -0.1) is 6.54 Å². The second-order valence-electron chi connectivity index (χ2n) is 1.99. The van der Waals surface area contributed by atoms with Crippen LogP contribution < -0.4 is 10.1 Å². The second-order valence-corrected chi connectivity index (χ2v) is 2.22. The molecule has 1 rings (SSSR count). The Hall–Kier alpha value is 0.284. The summed E-state index contributed by atoms with van der Waals surface area (Å²) >= 11 is 0. The first-order chi connectivity index (χ1) is 6.29. The molecule has 77 valence electrons. The molecule has 0 saturated heterocycles. The Morgan fingerprint density at radius 1 is 1.57 bits per heavy atom. The van der Waals surface area contributed by atoms with Crippen LogP contribution in [0.25, 0.3) is 0 Å². The van der Waals surface area contributed by atoms with Crippen LogP contribution in [-0.4, -0.2) is 4.57 Å². The molecule has 0 N–H and O–H groups in total. The maximum Gasteiger partial charge on any atom is 0.290 e. The number of nitrogens with zero attached hydrogens (tertiary/aromatic N) is 1. The van der Waals surface area contributed by atoms with Crippen LogP contribution in [0.2, 0.25) is 0 Å². The fourth-order valence-electron chi connectivity index (χ4n) is 0.781. The molecule has 3 nitrogen and oxygen atoms in total. The fourth-order valence-corrected chi connectivity index (χ4v) is 0.960. The summed E-state index contributed by atoms with van der Waals surface area (Å²) < 4.78 is 6.21. The summed E-state index contributed by atoms with van der Waals surface area (Å²) in [6, 6.07) is 3.35. The van der Waals surface area contributed by atoms with Crippen LogP contribution in [0.4, 0.5) is 0 Å². The minimum Gasteiger partial charge on any atom is -0.475 e. The molecule has 1 aromatic rings. The van der Waals surface area contributed by atoms with E-state index in [2.05, 4.69) is 13.8 Å². The van der Waals surface area contributed by atoms with Crippen LogP contribution in [0.5, 0.6) is 5.75 Å². The Kier molecular flexibility index (Phi) is 11.7. The van der Waals surface area contributed by atoms with Crippen LogP contribution in [0.1, 0.15) is 6.92 Å². The van der Waals surface area contributed by atoms with Crippen molar-refractivity contribution in [2.24, 2.45) is 0 Å². The molecule has 14 heavy (non-hydrogen) atoms. The largest absolute Gasteiger partial charge is 0.475 e. The minimum absolute atomic E-state index is 0. The Morgan fingerprint density at radius 3 is 2.57 bits per heavy atom. The molecule has 0 saturated carbocycles. The summed E-state index contributed by atoms with van der Waals surface area (Å²) in [6.45, 7) is 9.01. The van der Waals surface area contributed by atoms with Crippen LogP contribution in [0.3, 0.4) is 0 Å². The molecule has 5 heteroatoms. The predicted molar refractivity (Wildman–Crippen MR) is 57.4 cm³/mol. The third kappa shape index (κ3) is 4.68. The molecular weight excluding hydrogens is 274 g/mol. The summed E-state index contributed by atoms with van der Waals surface area (Å²) in [5.41, 5.74) is -0.155. The summed E-state index contributed by atoms with van der Waals surface area (Å²) in [7, 11) is 2.04. The van der Waals surface area contributed by atoms with E-state index in [1.165, 1.54) is 4.57 Å². The molecule has 1 aromatic heterocycles. The molecule has 1 atom stereocenters. The Balaban J connectivity index is 0. The van der Waals surface area contributed by atoms with Crippen molar-refractivity contribution in [2.45, 2.75) is 13.5 Å². The molecule has 0 bridgehead atoms. The van der Waals surface area contributed by atoms with Crippen LogP contribution in [0, 0.1) is 13.8 Å². The molecule has 0 spiro atoms. The number of hydrogen-bond donors (Lipinski definition) is 0. The van der Waals surface area contributed by atoms with Gasteiger partial charge in [0.2, 0.25) is 0 Å². The van der Waals surface area contributed by atoms with E-state index in [9.17, 15) is 4.79 Å². The van der Waals surface area contributed by atoms with Crippen molar-refractivity contribution < 1.29 is 37.2 Å². The van der Waals surface area contributed by atoms with Gasteiger partial charge in [0, 0.05) is 38.9 Å². The van der Waals surface area contributed by atoms with E-state index in [4.69, 9.17) is 4.52 Å². The number of rotatable bonds is 2. The Bertz CT molecular complexity index is 276. The summed E-state index contributed by atoms with van der Waals surface area (Å²) in [6.07, 6.45) is 1.67. The van der Waals surface area contributed by atoms with E-state index in [1.807, 2.05) is 9.47 Å². The van der Waals surface area contributed by atoms with Crippen molar-refractivity contribution in [1.82, 2.24) is 4.57 Å². The first kappa shape index (κ1) is 16.7. The zero-order valence-corrected chi connectivity index (χ0v) is 12.3. The third-order valence-corrected chi connectivity index (χ3v) is 1.61. The van der Waals surface area contributed by atoms with E-state index in [0.717, 1.165) is 0 Å². The van der Waals surface area contributed by atoms with Crippen LogP contribution in [-0.2, 0) is 39.3 Å². The predicted octanol–water partition coefficient (Wildman–Crippen LogP) is 1.69. The van der Waals surface area contributed by atoms with Gasteiger partial charge in [0.1, 0.15) is 0 Å². The van der Waals surface area contributed by atoms with Crippen molar-refractivity contribution in [3.63, 3.8) is 0 Å². The maximum absolute atomic E-state index is 11.2. The third-order valence-electron chi connectivity index (χ3n) is 1.35. The van der Waals surface area contributed by atoms with Gasteiger partial charge in [-0.25, -0.2) is 0 Å². The Labute approximate surface area is 112 Å². The quantitative estimate of drug-likeness (QED) is 0.612. The smallest absolute Gasteiger partial charge is 0.290 e. The van der Waals surface area contributed by atoms with E-state index in [0.29, 0.717) is 12.3 Å². The van der Waals surface area contributed by atoms with Gasteiger partial charge in [0.05, 0.1) is 9.47 Å². The van der Waals surface area contributed by atoms with E-state index in [1.54, 1.807) is 25.3 Å². The summed E-state index contributed by atoms with van der Waals surface area (Å²) in [4.78, 5) is 11.2. The number of pyridine rings is 1. The van der Waals surface area contributed by atoms with Gasteiger partial charge in [-0.1, -0.05) is 0 Å². The molecular formula is C9H14NO2PY-2. The number of hydrogen-bond acceptors (Lipinski definition) is 2. The van der Waals surface area contributed by atoms with Crippen molar-refractivity contribution in [3.05, 3.63) is 42.5 Å². The van der Waals surface area contributed by atoms with Gasteiger partial charge in [-0.2, -0.15) is 6.92 Å². The van der Waals surface area contributed by atoms with Crippen molar-refractivity contribution in [3.8, 4) is 5.75 Å². The monoisotopic (exact) mass is 288 g/mol. The minimum atomic E-state index is -0.155. The topological polar surface area (TPSA) is 31.2 Å². The van der Waals surface area contributed by atoms with Gasteiger partial charge < -0.3 is 22.9 Å². The normalized spacial score (nSPS) is 8.00. The van der Waals surface area contributed by atoms with Crippen molar-refractivity contribution >= 4 is 9.47 Å². The Morgan fingerprint density at radius 2 is 2.14 bits per heavy atom. The van der Waals surface area contributed by atoms with Gasteiger partial charge in [0.25, 0.3) is 5.56 Å². The van der Waals surface area contributed by atoms with Gasteiger partial charge in [-0.3, -0.25) is 4.79 Å². The first-order valence-electron chi connectivity index (χ1n) is 3.85. The first-order valence-corrected chi connectivity index (χ1v) is 4.33. The summed E-state index contributed by atoms with van der Waals surface area (Å²) in [5, 5.41) is 0. The van der Waals surface area contributed by atoms with Crippen molar-refractivity contribution in [2.75, 3.05) is 0 Å². The average molecular weight is 288 g/mol. The second kappa shape index (κ2) is 9.82. The van der Waals surface area contributed by atoms with E-state index in [-0.39, 0.29) is 38.3 Å². The number of aromatic nitrogens is 1. The molecule has 0 fully saturated rings. The molecule has 0 aliphatic rings. The zero-order valence-electron chi connectivity index (χ0n) is 8.27. The van der Waals surface area contributed by atoms with E-state index >= 15 is 0 Å². The standard InChI is InChI=1S/C7H9NO2P.C2H5.Y/c1-2-8-5-3-4-6(10-11)7(8)9;1-2;/h3-5H,1-2,11H2;1H2,2H3;/q2*-1;. The summed E-state index contributed by atoms with van der Waals surface area (Å²) in [5.74, 6) is 0.321. The fraction of sp³-hybridized carbons (Fsp3) is 0.222. The molecule has 0 aliphatic carbocycles. The average Bonchev–Trinajstić information content (AvgIpc) is 2.21. The molecule has 0 amide bonds. The molecule has 1 radical (unpaired) electrons. The van der Waals surface area contributed by atoms with E-state index < -0.39 is 0 Å². The zero-order chi connectivity index (χ0) is 10.3.